The van der Waals surface area contributed by atoms with Crippen LogP contribution in [-0.2, 0) is 15.9 Å². The Bertz CT molecular complexity index is 349. The maximum Gasteiger partial charge on any atom is 0.148 e. The highest BCUT2D eigenvalue weighted by Gasteiger charge is 2.25. The highest BCUT2D eigenvalue weighted by atomic mass is 16.5. The van der Waals surface area contributed by atoms with E-state index >= 15 is 0 Å². The van der Waals surface area contributed by atoms with E-state index in [1.165, 1.54) is 5.56 Å². The van der Waals surface area contributed by atoms with E-state index in [0.29, 0.717) is 19.6 Å². The van der Waals surface area contributed by atoms with Gasteiger partial charge in [-0.05, 0) is 24.1 Å². The molecule has 1 saturated heterocycles. The fraction of sp³-hybridized carbons (Fsp3) is 0.571. The number of methoxy groups -OCH3 is 1. The molecule has 0 spiro atoms. The monoisotopic (exact) mass is 252 g/mol. The third-order valence-electron chi connectivity index (χ3n) is 3.07. The van der Waals surface area contributed by atoms with Gasteiger partial charge in [0, 0.05) is 20.1 Å². The Balaban J connectivity index is 1.89. The zero-order chi connectivity index (χ0) is 12.8. The van der Waals surface area contributed by atoms with Crippen LogP contribution in [-0.4, -0.2) is 44.2 Å². The molecule has 0 amide bonds. The van der Waals surface area contributed by atoms with E-state index in [1.807, 2.05) is 24.3 Å². The molecule has 2 unspecified atom stereocenters. The summed E-state index contributed by atoms with van der Waals surface area (Å²) in [5.74, 6) is 0.769. The van der Waals surface area contributed by atoms with Crippen LogP contribution in [0.15, 0.2) is 24.3 Å². The van der Waals surface area contributed by atoms with E-state index in [4.69, 9.17) is 14.2 Å². The van der Waals surface area contributed by atoms with E-state index in [0.717, 1.165) is 18.8 Å². The number of aliphatic hydroxyl groups excluding tert-OH is 1. The minimum Gasteiger partial charge on any atom is -0.485 e. The van der Waals surface area contributed by atoms with Gasteiger partial charge in [-0.25, -0.2) is 0 Å². The Morgan fingerprint density at radius 1 is 1.33 bits per heavy atom. The predicted molar refractivity (Wildman–Crippen MR) is 67.9 cm³/mol. The lowest BCUT2D eigenvalue weighted by atomic mass is 10.1. The van der Waals surface area contributed by atoms with E-state index in [-0.39, 0.29) is 6.10 Å². The average molecular weight is 252 g/mol. The standard InChI is InChI=1S/C14H20O4/c1-16-8-6-11-2-4-12(5-3-11)18-14-10-17-9-7-13(14)15/h2-5,13-15H,6-10H2,1H3. The van der Waals surface area contributed by atoms with Gasteiger partial charge in [-0.15, -0.1) is 0 Å². The molecule has 100 valence electrons. The Labute approximate surface area is 107 Å². The van der Waals surface area contributed by atoms with Gasteiger partial charge in [0.15, 0.2) is 0 Å². The topological polar surface area (TPSA) is 47.9 Å². The molecule has 0 radical (unpaired) electrons. The lowest BCUT2D eigenvalue weighted by Crippen LogP contribution is -2.40. The number of benzene rings is 1. The second-order valence-corrected chi connectivity index (χ2v) is 4.47. The van der Waals surface area contributed by atoms with Crippen molar-refractivity contribution in [2.75, 3.05) is 26.9 Å². The zero-order valence-electron chi connectivity index (χ0n) is 10.7. The van der Waals surface area contributed by atoms with Crippen LogP contribution in [0.25, 0.3) is 0 Å². The highest BCUT2D eigenvalue weighted by molar-refractivity contribution is 5.27. The van der Waals surface area contributed by atoms with Crippen molar-refractivity contribution in [2.45, 2.75) is 25.0 Å². The second kappa shape index (κ2) is 6.73. The van der Waals surface area contributed by atoms with Crippen molar-refractivity contribution in [3.8, 4) is 5.75 Å². The van der Waals surface area contributed by atoms with Crippen LogP contribution in [0.3, 0.4) is 0 Å². The lowest BCUT2D eigenvalue weighted by Gasteiger charge is -2.28. The molecule has 1 aliphatic heterocycles. The van der Waals surface area contributed by atoms with Gasteiger partial charge in [-0.1, -0.05) is 12.1 Å². The highest BCUT2D eigenvalue weighted by Crippen LogP contribution is 2.18. The maximum absolute atomic E-state index is 9.78. The molecule has 1 fully saturated rings. The number of ether oxygens (including phenoxy) is 3. The van der Waals surface area contributed by atoms with E-state index < -0.39 is 6.10 Å². The first kappa shape index (κ1) is 13.3. The molecule has 1 aliphatic rings. The van der Waals surface area contributed by atoms with Crippen LogP contribution in [0.4, 0.5) is 0 Å². The van der Waals surface area contributed by atoms with Crippen molar-refractivity contribution < 1.29 is 19.3 Å². The zero-order valence-corrected chi connectivity index (χ0v) is 10.7. The largest absolute Gasteiger partial charge is 0.485 e. The Kier molecular flexibility index (Phi) is 4.99. The normalized spacial score (nSPS) is 23.9. The average Bonchev–Trinajstić information content (AvgIpc) is 2.41. The van der Waals surface area contributed by atoms with Crippen LogP contribution in [0.2, 0.25) is 0 Å². The van der Waals surface area contributed by atoms with Gasteiger partial charge in [-0.3, -0.25) is 0 Å². The van der Waals surface area contributed by atoms with Gasteiger partial charge >= 0.3 is 0 Å². The molecular weight excluding hydrogens is 232 g/mol. The molecule has 1 aromatic rings. The fourth-order valence-corrected chi connectivity index (χ4v) is 1.94. The van der Waals surface area contributed by atoms with Crippen molar-refractivity contribution in [3.63, 3.8) is 0 Å². The molecule has 0 aliphatic carbocycles. The van der Waals surface area contributed by atoms with Crippen molar-refractivity contribution in [1.82, 2.24) is 0 Å². The molecule has 1 N–H and O–H groups in total. The molecule has 2 atom stereocenters. The quantitative estimate of drug-likeness (QED) is 0.860. The number of hydrogen-bond acceptors (Lipinski definition) is 4. The Morgan fingerprint density at radius 3 is 2.78 bits per heavy atom. The molecule has 1 aromatic carbocycles. The van der Waals surface area contributed by atoms with Gasteiger partial charge in [0.05, 0.1) is 19.3 Å². The minimum atomic E-state index is -0.438. The first-order valence-electron chi connectivity index (χ1n) is 6.30. The predicted octanol–water partition coefficient (Wildman–Crippen LogP) is 1.40. The van der Waals surface area contributed by atoms with Crippen LogP contribution < -0.4 is 4.74 Å². The summed E-state index contributed by atoms with van der Waals surface area (Å²) >= 11 is 0. The summed E-state index contributed by atoms with van der Waals surface area (Å²) in [6, 6.07) is 7.88. The van der Waals surface area contributed by atoms with Crippen LogP contribution in [0.1, 0.15) is 12.0 Å². The number of rotatable bonds is 5. The van der Waals surface area contributed by atoms with E-state index in [2.05, 4.69) is 0 Å². The van der Waals surface area contributed by atoms with Crippen LogP contribution in [0, 0.1) is 0 Å². The SMILES string of the molecule is COCCc1ccc(OC2COCCC2O)cc1. The molecule has 4 nitrogen and oxygen atoms in total. The second-order valence-electron chi connectivity index (χ2n) is 4.47. The summed E-state index contributed by atoms with van der Waals surface area (Å²) in [5.41, 5.74) is 1.21. The summed E-state index contributed by atoms with van der Waals surface area (Å²) in [5, 5.41) is 9.78. The Morgan fingerprint density at radius 2 is 2.11 bits per heavy atom. The van der Waals surface area contributed by atoms with Crippen molar-refractivity contribution >= 4 is 0 Å². The Hall–Kier alpha value is -1.10. The minimum absolute atomic E-state index is 0.261. The molecule has 0 saturated carbocycles. The smallest absolute Gasteiger partial charge is 0.148 e. The molecule has 4 heteroatoms. The summed E-state index contributed by atoms with van der Waals surface area (Å²) in [6.07, 6.45) is 0.832. The third kappa shape index (κ3) is 3.70. The van der Waals surface area contributed by atoms with E-state index in [1.54, 1.807) is 7.11 Å². The maximum atomic E-state index is 9.78. The summed E-state index contributed by atoms with van der Waals surface area (Å²) in [4.78, 5) is 0. The molecule has 0 aromatic heterocycles. The first-order chi connectivity index (χ1) is 8.79. The number of aliphatic hydroxyl groups is 1. The van der Waals surface area contributed by atoms with Gasteiger partial charge in [-0.2, -0.15) is 0 Å². The van der Waals surface area contributed by atoms with Crippen molar-refractivity contribution in [2.24, 2.45) is 0 Å². The molecule has 18 heavy (non-hydrogen) atoms. The lowest BCUT2D eigenvalue weighted by molar-refractivity contribution is -0.0735. The molecule has 1 heterocycles. The fourth-order valence-electron chi connectivity index (χ4n) is 1.94. The summed E-state index contributed by atoms with van der Waals surface area (Å²) in [7, 11) is 1.70. The van der Waals surface area contributed by atoms with Gasteiger partial charge < -0.3 is 19.3 Å². The molecule has 0 bridgehead atoms. The van der Waals surface area contributed by atoms with Crippen LogP contribution in [0.5, 0.6) is 5.75 Å². The van der Waals surface area contributed by atoms with Gasteiger partial charge in [0.1, 0.15) is 11.9 Å². The number of hydrogen-bond donors (Lipinski definition) is 1. The third-order valence-corrected chi connectivity index (χ3v) is 3.07. The van der Waals surface area contributed by atoms with Crippen molar-refractivity contribution in [1.29, 1.82) is 0 Å². The van der Waals surface area contributed by atoms with Crippen molar-refractivity contribution in [3.05, 3.63) is 29.8 Å². The molecule has 2 rings (SSSR count). The summed E-state index contributed by atoms with van der Waals surface area (Å²) in [6.45, 7) is 1.78. The first-order valence-corrected chi connectivity index (χ1v) is 6.30. The van der Waals surface area contributed by atoms with E-state index in [9.17, 15) is 5.11 Å². The molecular formula is C14H20O4. The van der Waals surface area contributed by atoms with Crippen LogP contribution >= 0.6 is 0 Å². The van der Waals surface area contributed by atoms with Gasteiger partial charge in [0.25, 0.3) is 0 Å². The van der Waals surface area contributed by atoms with Gasteiger partial charge in [0.2, 0.25) is 0 Å². The summed E-state index contributed by atoms with van der Waals surface area (Å²) < 4.78 is 16.1.